The molecule has 0 fully saturated rings. The highest BCUT2D eigenvalue weighted by Crippen LogP contribution is 2.26. The monoisotopic (exact) mass is 410 g/mol. The first-order valence-electron chi connectivity index (χ1n) is 9.30. The second-order valence-corrected chi connectivity index (χ2v) is 8.62. The highest BCUT2D eigenvalue weighted by molar-refractivity contribution is 6.32. The number of carbonyl (C=O) groups excluding carboxylic acids is 1. The van der Waals surface area contributed by atoms with Crippen molar-refractivity contribution in [2.75, 3.05) is 38.7 Å². The molecule has 0 radical (unpaired) electrons. The number of hydrazine groups is 1. The van der Waals surface area contributed by atoms with Gasteiger partial charge in [-0.25, -0.2) is 14.8 Å². The van der Waals surface area contributed by atoms with E-state index in [4.69, 9.17) is 16.3 Å². The van der Waals surface area contributed by atoms with Gasteiger partial charge in [-0.05, 0) is 53.8 Å². The van der Waals surface area contributed by atoms with Crippen LogP contribution < -0.4 is 5.01 Å². The zero-order chi connectivity index (χ0) is 21.5. The van der Waals surface area contributed by atoms with Gasteiger partial charge < -0.3 is 9.64 Å². The summed E-state index contributed by atoms with van der Waals surface area (Å²) < 4.78 is 5.62. The van der Waals surface area contributed by atoms with E-state index in [1.807, 2.05) is 59.7 Å². The Balaban J connectivity index is 3.33. The van der Waals surface area contributed by atoms with Crippen molar-refractivity contribution in [2.45, 2.75) is 46.6 Å². The Bertz CT molecular complexity index is 697. The Kier molecular flexibility index (Phi) is 8.92. The van der Waals surface area contributed by atoms with Crippen molar-refractivity contribution < 1.29 is 9.53 Å². The molecule has 0 spiro atoms. The summed E-state index contributed by atoms with van der Waals surface area (Å²) >= 11 is 6.33. The molecule has 0 unspecified atom stereocenters. The molecule has 9 heteroatoms. The zero-order valence-electron chi connectivity index (χ0n) is 17.9. The van der Waals surface area contributed by atoms with E-state index in [0.29, 0.717) is 18.9 Å². The molecule has 8 nitrogen and oxygen atoms in total. The van der Waals surface area contributed by atoms with Gasteiger partial charge in [0.1, 0.15) is 16.7 Å². The van der Waals surface area contributed by atoms with Crippen LogP contribution in [0.2, 0.25) is 5.02 Å². The van der Waals surface area contributed by atoms with Gasteiger partial charge in [-0.1, -0.05) is 25.4 Å². The summed E-state index contributed by atoms with van der Waals surface area (Å²) in [4.78, 5) is 23.2. The molecule has 1 amide bonds. The number of carbonyl (C=O) groups is 1. The molecule has 0 N–H and O–H groups in total. The summed E-state index contributed by atoms with van der Waals surface area (Å²) in [6.07, 6.45) is 1.62. The van der Waals surface area contributed by atoms with Crippen molar-refractivity contribution in [3.05, 3.63) is 17.0 Å². The fraction of sp³-hybridized carbons (Fsp3) is 0.684. The topological polar surface area (TPSA) is 85.6 Å². The molecule has 0 atom stereocenters. The number of ether oxygens (including phenoxy) is 1. The van der Waals surface area contributed by atoms with Crippen LogP contribution in [0, 0.1) is 17.2 Å². The van der Waals surface area contributed by atoms with E-state index in [1.54, 1.807) is 5.01 Å². The summed E-state index contributed by atoms with van der Waals surface area (Å²) in [6.45, 7) is 11.2. The van der Waals surface area contributed by atoms with Crippen molar-refractivity contribution in [2.24, 2.45) is 5.92 Å². The summed E-state index contributed by atoms with van der Waals surface area (Å²) in [5.41, 5.74) is -0.645. The van der Waals surface area contributed by atoms with Crippen LogP contribution in [0.4, 0.5) is 10.6 Å². The molecular formula is C19H31ClN6O2. The Morgan fingerprint density at radius 3 is 2.46 bits per heavy atom. The highest BCUT2D eigenvalue weighted by Gasteiger charge is 2.30. The lowest BCUT2D eigenvalue weighted by Gasteiger charge is -2.38. The number of anilines is 1. The van der Waals surface area contributed by atoms with Crippen molar-refractivity contribution >= 4 is 23.5 Å². The third-order valence-corrected chi connectivity index (χ3v) is 3.75. The number of halogens is 1. The maximum Gasteiger partial charge on any atom is 0.429 e. The molecule has 1 aromatic heterocycles. The molecule has 0 bridgehead atoms. The standard InChI is InChI=1S/C19H31ClN6O2/c1-14(2)13-26(17-15(20)12-22-16(11-21)23-17)25(10-8-9-24(6)7)18(27)28-19(3,4)5/h12,14H,8-10,13H2,1-7H3. The number of hydrogen-bond acceptors (Lipinski definition) is 7. The van der Waals surface area contributed by atoms with Gasteiger partial charge in [0.25, 0.3) is 0 Å². The molecule has 0 aliphatic heterocycles. The van der Waals surface area contributed by atoms with Crippen LogP contribution in [-0.2, 0) is 4.74 Å². The molecule has 1 aromatic rings. The Morgan fingerprint density at radius 1 is 1.32 bits per heavy atom. The molecule has 1 heterocycles. The number of nitriles is 1. The maximum absolute atomic E-state index is 13.0. The molecule has 0 aliphatic carbocycles. The van der Waals surface area contributed by atoms with Crippen LogP contribution in [0.1, 0.15) is 46.9 Å². The van der Waals surface area contributed by atoms with Crippen molar-refractivity contribution in [1.29, 1.82) is 5.26 Å². The van der Waals surface area contributed by atoms with Crippen LogP contribution in [0.3, 0.4) is 0 Å². The zero-order valence-corrected chi connectivity index (χ0v) is 18.6. The third kappa shape index (κ3) is 7.87. The van der Waals surface area contributed by atoms with Gasteiger partial charge >= 0.3 is 6.09 Å². The fourth-order valence-corrected chi connectivity index (χ4v) is 2.59. The van der Waals surface area contributed by atoms with Crippen LogP contribution in [0.15, 0.2) is 6.20 Å². The van der Waals surface area contributed by atoms with E-state index < -0.39 is 11.7 Å². The minimum Gasteiger partial charge on any atom is -0.442 e. The first-order chi connectivity index (χ1) is 12.9. The van der Waals surface area contributed by atoms with E-state index >= 15 is 0 Å². The third-order valence-electron chi connectivity index (χ3n) is 3.48. The van der Waals surface area contributed by atoms with Gasteiger partial charge in [-0.3, -0.25) is 5.01 Å². The average molecular weight is 411 g/mol. The number of nitrogens with zero attached hydrogens (tertiary/aromatic N) is 6. The predicted octanol–water partition coefficient (Wildman–Crippen LogP) is 3.57. The lowest BCUT2D eigenvalue weighted by Crippen LogP contribution is -2.51. The summed E-state index contributed by atoms with van der Waals surface area (Å²) in [6, 6.07) is 1.92. The fourth-order valence-electron chi connectivity index (χ4n) is 2.40. The number of hydrogen-bond donors (Lipinski definition) is 0. The smallest absolute Gasteiger partial charge is 0.429 e. The van der Waals surface area contributed by atoms with Crippen LogP contribution >= 0.6 is 11.6 Å². The van der Waals surface area contributed by atoms with E-state index in [1.165, 1.54) is 11.2 Å². The van der Waals surface area contributed by atoms with Crippen molar-refractivity contribution in [3.8, 4) is 6.07 Å². The van der Waals surface area contributed by atoms with Crippen LogP contribution in [0.5, 0.6) is 0 Å². The molecule has 0 saturated carbocycles. The van der Waals surface area contributed by atoms with Crippen molar-refractivity contribution in [3.63, 3.8) is 0 Å². The summed E-state index contributed by atoms with van der Waals surface area (Å²) in [5.74, 6) is 0.513. The molecule has 28 heavy (non-hydrogen) atoms. The van der Waals surface area contributed by atoms with Gasteiger partial charge in [-0.2, -0.15) is 10.2 Å². The number of rotatable bonds is 8. The second-order valence-electron chi connectivity index (χ2n) is 8.21. The average Bonchev–Trinajstić information content (AvgIpc) is 2.55. The molecule has 1 rings (SSSR count). The lowest BCUT2D eigenvalue weighted by atomic mass is 10.2. The SMILES string of the molecule is CC(C)CN(c1nc(C#N)ncc1Cl)N(CCCN(C)C)C(=O)OC(C)(C)C. The first-order valence-corrected chi connectivity index (χ1v) is 9.67. The normalized spacial score (nSPS) is 11.5. The van der Waals surface area contributed by atoms with Gasteiger partial charge in [0.15, 0.2) is 5.82 Å². The van der Waals surface area contributed by atoms with Crippen LogP contribution in [0.25, 0.3) is 0 Å². The van der Waals surface area contributed by atoms with Gasteiger partial charge in [0.2, 0.25) is 5.82 Å². The quantitative estimate of drug-likeness (QED) is 0.605. The molecule has 156 valence electrons. The minimum atomic E-state index is -0.645. The molecule has 0 aliphatic rings. The maximum atomic E-state index is 13.0. The van der Waals surface area contributed by atoms with Crippen molar-refractivity contribution in [1.82, 2.24) is 19.9 Å². The Labute approximate surface area is 173 Å². The second kappa shape index (κ2) is 10.4. The molecule has 0 aromatic carbocycles. The number of aromatic nitrogens is 2. The minimum absolute atomic E-state index is 0.00872. The van der Waals surface area contributed by atoms with Gasteiger partial charge in [-0.15, -0.1) is 0 Å². The van der Waals surface area contributed by atoms with Crippen LogP contribution in [-0.4, -0.2) is 65.3 Å². The van der Waals surface area contributed by atoms with E-state index in [2.05, 4.69) is 9.97 Å². The van der Waals surface area contributed by atoms with Gasteiger partial charge in [0.05, 0.1) is 6.20 Å². The molecule has 0 saturated heterocycles. The summed E-state index contributed by atoms with van der Waals surface area (Å²) in [5, 5.41) is 12.6. The molecular weight excluding hydrogens is 380 g/mol. The Morgan fingerprint density at radius 2 is 1.96 bits per heavy atom. The van der Waals surface area contributed by atoms with Gasteiger partial charge in [0, 0.05) is 13.1 Å². The summed E-state index contributed by atoms with van der Waals surface area (Å²) in [7, 11) is 3.95. The van der Waals surface area contributed by atoms with E-state index in [9.17, 15) is 10.1 Å². The highest BCUT2D eigenvalue weighted by atomic mass is 35.5. The predicted molar refractivity (Wildman–Crippen MR) is 110 cm³/mol. The van der Waals surface area contributed by atoms with E-state index in [-0.39, 0.29) is 16.8 Å². The first kappa shape index (κ1) is 23.9. The largest absolute Gasteiger partial charge is 0.442 e. The number of amides is 1. The lowest BCUT2D eigenvalue weighted by molar-refractivity contribution is 0.0212. The van der Waals surface area contributed by atoms with E-state index in [0.717, 1.165) is 13.0 Å². The Hall–Kier alpha value is -2.11.